The molecule has 0 aliphatic rings. The Bertz CT molecular complexity index is 876. The van der Waals surface area contributed by atoms with Crippen molar-refractivity contribution in [2.24, 2.45) is 0 Å². The molecule has 3 rings (SSSR count). The first-order chi connectivity index (χ1) is 12.6. The minimum atomic E-state index is -0.167. The van der Waals surface area contributed by atoms with E-state index >= 15 is 0 Å². The third-order valence-electron chi connectivity index (χ3n) is 4.31. The van der Waals surface area contributed by atoms with Crippen LogP contribution in [-0.4, -0.2) is 22.4 Å². The zero-order valence-electron chi connectivity index (χ0n) is 15.0. The van der Waals surface area contributed by atoms with Gasteiger partial charge in [-0.2, -0.15) is 0 Å². The molecule has 0 bridgehead atoms. The molecule has 0 aliphatic heterocycles. The third-order valence-corrected chi connectivity index (χ3v) is 4.31. The van der Waals surface area contributed by atoms with Crippen LogP contribution in [-0.2, 0) is 6.42 Å². The molecule has 1 amide bonds. The van der Waals surface area contributed by atoms with E-state index in [0.29, 0.717) is 18.1 Å². The smallest absolute Gasteiger partial charge is 0.254 e. The molecule has 26 heavy (non-hydrogen) atoms. The van der Waals surface area contributed by atoms with Gasteiger partial charge in [0, 0.05) is 24.6 Å². The van der Waals surface area contributed by atoms with Crippen molar-refractivity contribution in [3.8, 4) is 0 Å². The van der Waals surface area contributed by atoms with Crippen molar-refractivity contribution in [1.82, 2.24) is 15.3 Å². The van der Waals surface area contributed by atoms with Crippen molar-refractivity contribution in [3.05, 3.63) is 83.2 Å². The number of hydrogen-bond donors (Lipinski definition) is 2. The number of carbonyl (C=O) groups is 1. The Balaban J connectivity index is 1.56. The Hall–Kier alpha value is -3.21. The van der Waals surface area contributed by atoms with Crippen LogP contribution in [0.15, 0.2) is 60.9 Å². The Morgan fingerprint density at radius 3 is 2.42 bits per heavy atom. The molecule has 0 spiro atoms. The monoisotopic (exact) mass is 346 g/mol. The lowest BCUT2D eigenvalue weighted by Gasteiger charge is -2.10. The van der Waals surface area contributed by atoms with E-state index in [0.717, 1.165) is 17.7 Å². The Morgan fingerprint density at radius 1 is 0.962 bits per heavy atom. The molecule has 5 heteroatoms. The lowest BCUT2D eigenvalue weighted by molar-refractivity contribution is 0.0953. The fourth-order valence-corrected chi connectivity index (χ4v) is 2.58. The quantitative estimate of drug-likeness (QED) is 0.712. The standard InChI is InChI=1S/C21H22N4O/c1-15-7-6-10-19(16(15)2)25-21-23-13-18(14-24-21)20(26)22-12-11-17-8-4-3-5-9-17/h3-10,13-14H,11-12H2,1-2H3,(H,22,26)(H,23,24,25). The Labute approximate surface area is 153 Å². The molecular weight excluding hydrogens is 324 g/mol. The summed E-state index contributed by atoms with van der Waals surface area (Å²) in [6.45, 7) is 4.68. The summed E-state index contributed by atoms with van der Waals surface area (Å²) in [6.07, 6.45) is 3.87. The van der Waals surface area contributed by atoms with E-state index in [1.807, 2.05) is 49.4 Å². The van der Waals surface area contributed by atoms with Crippen LogP contribution in [0.25, 0.3) is 0 Å². The first-order valence-electron chi connectivity index (χ1n) is 8.61. The molecule has 0 saturated heterocycles. The van der Waals surface area contributed by atoms with Gasteiger partial charge in [0.05, 0.1) is 5.56 Å². The van der Waals surface area contributed by atoms with Gasteiger partial charge >= 0.3 is 0 Å². The van der Waals surface area contributed by atoms with Crippen LogP contribution in [0.5, 0.6) is 0 Å². The van der Waals surface area contributed by atoms with E-state index in [1.165, 1.54) is 23.5 Å². The van der Waals surface area contributed by atoms with Crippen molar-refractivity contribution < 1.29 is 4.79 Å². The highest BCUT2D eigenvalue weighted by Gasteiger charge is 2.08. The predicted molar refractivity (Wildman–Crippen MR) is 104 cm³/mol. The van der Waals surface area contributed by atoms with Crippen LogP contribution in [0.2, 0.25) is 0 Å². The molecule has 2 aromatic carbocycles. The van der Waals surface area contributed by atoms with E-state index in [2.05, 4.69) is 33.6 Å². The molecular formula is C21H22N4O. The maximum atomic E-state index is 12.2. The van der Waals surface area contributed by atoms with E-state index in [-0.39, 0.29) is 5.91 Å². The lowest BCUT2D eigenvalue weighted by atomic mass is 10.1. The largest absolute Gasteiger partial charge is 0.352 e. The summed E-state index contributed by atoms with van der Waals surface area (Å²) in [4.78, 5) is 20.7. The van der Waals surface area contributed by atoms with Gasteiger partial charge < -0.3 is 10.6 Å². The van der Waals surface area contributed by atoms with E-state index < -0.39 is 0 Å². The van der Waals surface area contributed by atoms with Crippen molar-refractivity contribution in [1.29, 1.82) is 0 Å². The number of nitrogens with one attached hydrogen (secondary N) is 2. The Morgan fingerprint density at radius 2 is 1.69 bits per heavy atom. The van der Waals surface area contributed by atoms with E-state index in [4.69, 9.17) is 0 Å². The number of aryl methyl sites for hydroxylation is 1. The Kier molecular flexibility index (Phi) is 5.59. The SMILES string of the molecule is Cc1cccc(Nc2ncc(C(=O)NCCc3ccccc3)cn2)c1C. The average Bonchev–Trinajstić information content (AvgIpc) is 2.67. The highest BCUT2D eigenvalue weighted by molar-refractivity contribution is 5.93. The van der Waals surface area contributed by atoms with Crippen LogP contribution in [0, 0.1) is 13.8 Å². The first-order valence-corrected chi connectivity index (χ1v) is 8.61. The maximum Gasteiger partial charge on any atom is 0.254 e. The molecule has 132 valence electrons. The summed E-state index contributed by atoms with van der Waals surface area (Å²) < 4.78 is 0. The van der Waals surface area contributed by atoms with Gasteiger partial charge in [-0.1, -0.05) is 42.5 Å². The van der Waals surface area contributed by atoms with E-state index in [1.54, 1.807) is 0 Å². The van der Waals surface area contributed by atoms with Crippen LogP contribution in [0.3, 0.4) is 0 Å². The van der Waals surface area contributed by atoms with Crippen molar-refractivity contribution in [2.45, 2.75) is 20.3 Å². The number of carbonyl (C=O) groups excluding carboxylic acids is 1. The highest BCUT2D eigenvalue weighted by atomic mass is 16.1. The van der Waals surface area contributed by atoms with Crippen LogP contribution >= 0.6 is 0 Å². The van der Waals surface area contributed by atoms with Gasteiger partial charge in [0.15, 0.2) is 0 Å². The molecule has 1 heterocycles. The molecule has 0 radical (unpaired) electrons. The average molecular weight is 346 g/mol. The fourth-order valence-electron chi connectivity index (χ4n) is 2.58. The second kappa shape index (κ2) is 8.25. The van der Waals surface area contributed by atoms with Gasteiger partial charge in [-0.25, -0.2) is 9.97 Å². The molecule has 0 saturated carbocycles. The summed E-state index contributed by atoms with van der Waals surface area (Å²) in [5.74, 6) is 0.304. The maximum absolute atomic E-state index is 12.2. The first kappa shape index (κ1) is 17.6. The molecule has 2 N–H and O–H groups in total. The number of anilines is 2. The van der Waals surface area contributed by atoms with Gasteiger partial charge in [-0.15, -0.1) is 0 Å². The van der Waals surface area contributed by atoms with Gasteiger partial charge in [-0.3, -0.25) is 4.79 Å². The summed E-state index contributed by atoms with van der Waals surface area (Å²) in [5.41, 5.74) is 4.95. The van der Waals surface area contributed by atoms with Crippen LogP contribution < -0.4 is 10.6 Å². The lowest BCUT2D eigenvalue weighted by Crippen LogP contribution is -2.26. The number of amides is 1. The molecule has 0 aliphatic carbocycles. The van der Waals surface area contributed by atoms with E-state index in [9.17, 15) is 4.79 Å². The summed E-state index contributed by atoms with van der Waals surface area (Å²) >= 11 is 0. The van der Waals surface area contributed by atoms with Crippen molar-refractivity contribution in [3.63, 3.8) is 0 Å². The summed E-state index contributed by atoms with van der Waals surface area (Å²) in [5, 5.41) is 6.08. The fraction of sp³-hybridized carbons (Fsp3) is 0.190. The summed E-state index contributed by atoms with van der Waals surface area (Å²) in [7, 11) is 0. The van der Waals surface area contributed by atoms with Crippen molar-refractivity contribution in [2.75, 3.05) is 11.9 Å². The summed E-state index contributed by atoms with van der Waals surface area (Å²) in [6, 6.07) is 16.1. The minimum Gasteiger partial charge on any atom is -0.352 e. The van der Waals surface area contributed by atoms with Crippen LogP contribution in [0.1, 0.15) is 27.0 Å². The number of hydrogen-bond acceptors (Lipinski definition) is 4. The highest BCUT2D eigenvalue weighted by Crippen LogP contribution is 2.20. The second-order valence-electron chi connectivity index (χ2n) is 6.16. The molecule has 5 nitrogen and oxygen atoms in total. The zero-order valence-corrected chi connectivity index (χ0v) is 15.0. The number of rotatable bonds is 6. The number of aromatic nitrogens is 2. The van der Waals surface area contributed by atoms with Gasteiger partial charge in [0.25, 0.3) is 5.91 Å². The molecule has 1 aromatic heterocycles. The molecule has 0 atom stereocenters. The third kappa shape index (κ3) is 4.45. The zero-order chi connectivity index (χ0) is 18.4. The number of nitrogens with zero attached hydrogens (tertiary/aromatic N) is 2. The molecule has 3 aromatic rings. The van der Waals surface area contributed by atoms with Crippen molar-refractivity contribution >= 4 is 17.5 Å². The molecule has 0 fully saturated rings. The number of benzene rings is 2. The normalized spacial score (nSPS) is 10.4. The van der Waals surface area contributed by atoms with Gasteiger partial charge in [0.2, 0.25) is 5.95 Å². The van der Waals surface area contributed by atoms with Gasteiger partial charge in [0.1, 0.15) is 0 Å². The minimum absolute atomic E-state index is 0.167. The molecule has 0 unspecified atom stereocenters. The second-order valence-corrected chi connectivity index (χ2v) is 6.16. The van der Waals surface area contributed by atoms with Gasteiger partial charge in [-0.05, 0) is 43.0 Å². The van der Waals surface area contributed by atoms with Crippen LogP contribution in [0.4, 0.5) is 11.6 Å². The topological polar surface area (TPSA) is 66.9 Å². The predicted octanol–water partition coefficient (Wildman–Crippen LogP) is 3.81.